The van der Waals surface area contributed by atoms with Crippen molar-refractivity contribution >= 4 is 22.7 Å². The molecule has 0 amide bonds. The number of likely N-dealkylation sites (N-methyl/N-ethyl adjacent to an activating group) is 1. The molecular weight excluding hydrogens is 264 g/mol. The average molecular weight is 288 g/mol. The van der Waals surface area contributed by atoms with Crippen molar-refractivity contribution in [1.29, 1.82) is 0 Å². The van der Waals surface area contributed by atoms with Gasteiger partial charge in [0.1, 0.15) is 0 Å². The number of nitrogens with zero attached hydrogens (tertiary/aromatic N) is 1. The van der Waals surface area contributed by atoms with Crippen molar-refractivity contribution in [3.63, 3.8) is 0 Å². The first-order chi connectivity index (χ1) is 9.70. The molecule has 1 unspecified atom stereocenters. The number of hydrogen-bond donors (Lipinski definition) is 1. The number of aromatic nitrogens is 1. The van der Waals surface area contributed by atoms with Crippen LogP contribution in [0.3, 0.4) is 0 Å². The number of rotatable bonds is 7. The molecule has 1 N–H and O–H groups in total. The number of thioether (sulfide) groups is 1. The zero-order valence-electron chi connectivity index (χ0n) is 12.6. The summed E-state index contributed by atoms with van der Waals surface area (Å²) in [5.74, 6) is 1.15. The topological polar surface area (TPSA) is 24.9 Å². The van der Waals surface area contributed by atoms with Crippen LogP contribution in [0, 0.1) is 0 Å². The molecule has 2 aromatic rings. The zero-order valence-corrected chi connectivity index (χ0v) is 13.4. The highest BCUT2D eigenvalue weighted by atomic mass is 32.2. The van der Waals surface area contributed by atoms with Gasteiger partial charge in [-0.05, 0) is 35.9 Å². The van der Waals surface area contributed by atoms with Crippen molar-refractivity contribution < 1.29 is 0 Å². The Kier molecular flexibility index (Phi) is 5.86. The van der Waals surface area contributed by atoms with Gasteiger partial charge in [-0.15, -0.1) is 0 Å². The van der Waals surface area contributed by atoms with Crippen LogP contribution >= 0.6 is 11.8 Å². The minimum absolute atomic E-state index is 0.526. The molecular formula is C17H24N2S. The zero-order chi connectivity index (χ0) is 14.4. The van der Waals surface area contributed by atoms with Crippen LogP contribution in [0.2, 0.25) is 0 Å². The first-order valence-electron chi connectivity index (χ1n) is 7.38. The van der Waals surface area contributed by atoms with Gasteiger partial charge in [-0.25, -0.2) is 0 Å². The Morgan fingerprint density at radius 3 is 2.75 bits per heavy atom. The Hall–Kier alpha value is -1.06. The van der Waals surface area contributed by atoms with Gasteiger partial charge in [0.05, 0.1) is 5.52 Å². The summed E-state index contributed by atoms with van der Waals surface area (Å²) in [4.78, 5) is 4.44. The van der Waals surface area contributed by atoms with Gasteiger partial charge in [0.15, 0.2) is 0 Å². The molecule has 2 rings (SSSR count). The number of benzene rings is 1. The minimum atomic E-state index is 0.526. The highest BCUT2D eigenvalue weighted by Gasteiger charge is 2.11. The molecule has 0 saturated heterocycles. The quantitative estimate of drug-likeness (QED) is 0.836. The molecule has 1 heterocycles. The predicted molar refractivity (Wildman–Crippen MR) is 90.5 cm³/mol. The first-order valence-corrected chi connectivity index (χ1v) is 8.43. The Balaban J connectivity index is 2.15. The third-order valence-electron chi connectivity index (χ3n) is 3.33. The number of pyridine rings is 1. The number of fused-ring (bicyclic) bond motifs is 1. The molecule has 0 aliphatic carbocycles. The summed E-state index contributed by atoms with van der Waals surface area (Å²) in [5, 5.41) is 5.58. The predicted octanol–water partition coefficient (Wildman–Crippen LogP) is 3.90. The monoisotopic (exact) mass is 288 g/mol. The molecule has 108 valence electrons. The summed E-state index contributed by atoms with van der Waals surface area (Å²) in [6, 6.07) is 11.1. The number of nitrogens with one attached hydrogen (secondary N) is 1. The van der Waals surface area contributed by atoms with E-state index in [0.717, 1.165) is 24.2 Å². The molecule has 20 heavy (non-hydrogen) atoms. The van der Waals surface area contributed by atoms with E-state index in [4.69, 9.17) is 0 Å². The Bertz CT molecular complexity index is 534. The second kappa shape index (κ2) is 7.65. The van der Waals surface area contributed by atoms with E-state index in [1.807, 2.05) is 18.0 Å². The summed E-state index contributed by atoms with van der Waals surface area (Å²) >= 11 is 2.03. The molecule has 1 aromatic carbocycles. The highest BCUT2D eigenvalue weighted by molar-refractivity contribution is 7.99. The van der Waals surface area contributed by atoms with Crippen LogP contribution in [0.1, 0.15) is 26.3 Å². The van der Waals surface area contributed by atoms with Gasteiger partial charge in [-0.3, -0.25) is 4.98 Å². The third-order valence-corrected chi connectivity index (χ3v) is 4.59. The molecule has 0 radical (unpaired) electrons. The molecule has 0 saturated carbocycles. The van der Waals surface area contributed by atoms with Gasteiger partial charge in [0.2, 0.25) is 0 Å². The molecule has 3 heteroatoms. The van der Waals surface area contributed by atoms with E-state index in [1.54, 1.807) is 0 Å². The van der Waals surface area contributed by atoms with Gasteiger partial charge >= 0.3 is 0 Å². The van der Waals surface area contributed by atoms with Crippen molar-refractivity contribution in [2.75, 3.05) is 12.3 Å². The third kappa shape index (κ3) is 4.22. The molecule has 0 bridgehead atoms. The van der Waals surface area contributed by atoms with Gasteiger partial charge in [-0.2, -0.15) is 11.8 Å². The first kappa shape index (κ1) is 15.3. The van der Waals surface area contributed by atoms with Crippen LogP contribution < -0.4 is 5.32 Å². The van der Waals surface area contributed by atoms with E-state index in [9.17, 15) is 0 Å². The van der Waals surface area contributed by atoms with Crippen LogP contribution in [0.25, 0.3) is 10.9 Å². The van der Waals surface area contributed by atoms with Crippen LogP contribution in [0.5, 0.6) is 0 Å². The minimum Gasteiger partial charge on any atom is -0.313 e. The lowest BCUT2D eigenvalue weighted by Crippen LogP contribution is -2.33. The molecule has 2 nitrogen and oxygen atoms in total. The Labute approximate surface area is 126 Å². The van der Waals surface area contributed by atoms with E-state index in [0.29, 0.717) is 11.3 Å². The SMILES string of the molecule is CCNC(CSC(C)C)Cc1ccnc2ccccc12. The second-order valence-corrected chi connectivity index (χ2v) is 6.94. The maximum Gasteiger partial charge on any atom is 0.0704 e. The molecule has 1 atom stereocenters. The number of hydrogen-bond acceptors (Lipinski definition) is 3. The highest BCUT2D eigenvalue weighted by Crippen LogP contribution is 2.19. The molecule has 0 fully saturated rings. The fraction of sp³-hybridized carbons (Fsp3) is 0.471. The fourth-order valence-electron chi connectivity index (χ4n) is 2.39. The maximum atomic E-state index is 4.44. The van der Waals surface area contributed by atoms with Crippen molar-refractivity contribution in [2.24, 2.45) is 0 Å². The van der Waals surface area contributed by atoms with Gasteiger partial charge in [0, 0.05) is 23.4 Å². The maximum absolute atomic E-state index is 4.44. The number of para-hydroxylation sites is 1. The largest absolute Gasteiger partial charge is 0.313 e. The van der Waals surface area contributed by atoms with E-state index in [2.05, 4.69) is 61.4 Å². The normalized spacial score (nSPS) is 13.0. The molecule has 1 aromatic heterocycles. The van der Waals surface area contributed by atoms with Crippen molar-refractivity contribution in [3.8, 4) is 0 Å². The Morgan fingerprint density at radius 2 is 2.00 bits per heavy atom. The summed E-state index contributed by atoms with van der Waals surface area (Å²) < 4.78 is 0. The van der Waals surface area contributed by atoms with Gasteiger partial charge in [-0.1, -0.05) is 39.0 Å². The fourth-order valence-corrected chi connectivity index (χ4v) is 3.24. The van der Waals surface area contributed by atoms with E-state index >= 15 is 0 Å². The van der Waals surface area contributed by atoms with Crippen molar-refractivity contribution in [2.45, 2.75) is 38.5 Å². The van der Waals surface area contributed by atoms with Crippen LogP contribution in [-0.2, 0) is 6.42 Å². The van der Waals surface area contributed by atoms with E-state index < -0.39 is 0 Å². The van der Waals surface area contributed by atoms with Crippen LogP contribution in [0.4, 0.5) is 0 Å². The van der Waals surface area contributed by atoms with Crippen LogP contribution in [-0.4, -0.2) is 28.6 Å². The molecule has 0 aliphatic heterocycles. The summed E-state index contributed by atoms with van der Waals surface area (Å²) in [6.07, 6.45) is 2.99. The van der Waals surface area contributed by atoms with Crippen LogP contribution in [0.15, 0.2) is 36.5 Å². The molecule has 0 spiro atoms. The summed E-state index contributed by atoms with van der Waals surface area (Å²) in [6.45, 7) is 7.72. The summed E-state index contributed by atoms with van der Waals surface area (Å²) in [5.41, 5.74) is 2.49. The standard InChI is InChI=1S/C17H24N2S/c1-4-18-15(12-20-13(2)3)11-14-9-10-19-17-8-6-5-7-16(14)17/h5-10,13,15,18H,4,11-12H2,1-3H3. The van der Waals surface area contributed by atoms with E-state index in [-0.39, 0.29) is 0 Å². The van der Waals surface area contributed by atoms with E-state index in [1.165, 1.54) is 10.9 Å². The van der Waals surface area contributed by atoms with Crippen molar-refractivity contribution in [1.82, 2.24) is 10.3 Å². The lowest BCUT2D eigenvalue weighted by molar-refractivity contribution is 0.573. The second-order valence-electron chi connectivity index (χ2n) is 5.33. The lowest BCUT2D eigenvalue weighted by atomic mass is 10.0. The van der Waals surface area contributed by atoms with Gasteiger partial charge in [0.25, 0.3) is 0 Å². The lowest BCUT2D eigenvalue weighted by Gasteiger charge is -2.19. The summed E-state index contributed by atoms with van der Waals surface area (Å²) in [7, 11) is 0. The molecule has 0 aliphatic rings. The average Bonchev–Trinajstić information content (AvgIpc) is 2.45. The smallest absolute Gasteiger partial charge is 0.0704 e. The Morgan fingerprint density at radius 1 is 1.20 bits per heavy atom. The van der Waals surface area contributed by atoms with Crippen molar-refractivity contribution in [3.05, 3.63) is 42.1 Å². The van der Waals surface area contributed by atoms with Gasteiger partial charge < -0.3 is 5.32 Å².